The summed E-state index contributed by atoms with van der Waals surface area (Å²) >= 11 is 1.46. The molecule has 6 nitrogen and oxygen atoms in total. The fraction of sp³-hybridized carbons (Fsp3) is 0.100. The van der Waals surface area contributed by atoms with E-state index in [9.17, 15) is 0 Å². The number of anilines is 2. The smallest absolute Gasteiger partial charge is 0.234 e. The lowest BCUT2D eigenvalue weighted by molar-refractivity contribution is 0.898. The second kappa shape index (κ2) is 3.42. The second-order valence-corrected chi connectivity index (χ2v) is 4.69. The maximum atomic E-state index is 5.76. The van der Waals surface area contributed by atoms with E-state index in [-0.39, 0.29) is 0 Å². The van der Waals surface area contributed by atoms with Gasteiger partial charge in [0.1, 0.15) is 5.01 Å². The Balaban J connectivity index is 2.19. The molecule has 3 aromatic rings. The van der Waals surface area contributed by atoms with Gasteiger partial charge in [-0.3, -0.25) is 0 Å². The van der Waals surface area contributed by atoms with Gasteiger partial charge in [0.2, 0.25) is 4.96 Å². The van der Waals surface area contributed by atoms with Crippen LogP contribution in [0.1, 0.15) is 5.82 Å². The fourth-order valence-corrected chi connectivity index (χ4v) is 2.50. The highest BCUT2D eigenvalue weighted by Gasteiger charge is 2.10. The van der Waals surface area contributed by atoms with E-state index in [4.69, 9.17) is 11.5 Å². The second-order valence-electron chi connectivity index (χ2n) is 3.74. The largest absolute Gasteiger partial charge is 0.399 e. The zero-order valence-electron chi connectivity index (χ0n) is 9.08. The van der Waals surface area contributed by atoms with E-state index in [1.54, 1.807) is 10.6 Å². The summed E-state index contributed by atoms with van der Waals surface area (Å²) in [5.74, 6) is 0.763. The SMILES string of the molecule is Cc1nnc2sc(-c3cc(N)cc(N)c3)nn12. The van der Waals surface area contributed by atoms with Gasteiger partial charge in [0.05, 0.1) is 0 Å². The first kappa shape index (κ1) is 10.0. The van der Waals surface area contributed by atoms with Crippen molar-refractivity contribution in [1.29, 1.82) is 0 Å². The summed E-state index contributed by atoms with van der Waals surface area (Å²) in [6, 6.07) is 5.41. The van der Waals surface area contributed by atoms with Gasteiger partial charge < -0.3 is 11.5 Å². The molecule has 2 aromatic heterocycles. The average Bonchev–Trinajstić information content (AvgIpc) is 2.80. The van der Waals surface area contributed by atoms with Gasteiger partial charge in [-0.2, -0.15) is 9.61 Å². The number of nitrogen functional groups attached to an aromatic ring is 2. The van der Waals surface area contributed by atoms with E-state index in [1.807, 2.05) is 19.1 Å². The Bertz CT molecular complexity index is 678. The molecule has 0 aliphatic carbocycles. The maximum absolute atomic E-state index is 5.76. The van der Waals surface area contributed by atoms with Crippen LogP contribution in [0.15, 0.2) is 18.2 Å². The minimum atomic E-state index is 0.627. The first-order chi connectivity index (χ1) is 8.13. The number of hydrogen-bond acceptors (Lipinski definition) is 6. The Kier molecular flexibility index (Phi) is 2.02. The van der Waals surface area contributed by atoms with Gasteiger partial charge >= 0.3 is 0 Å². The molecule has 2 heterocycles. The quantitative estimate of drug-likeness (QED) is 0.631. The zero-order chi connectivity index (χ0) is 12.0. The molecule has 0 aliphatic rings. The van der Waals surface area contributed by atoms with E-state index >= 15 is 0 Å². The zero-order valence-corrected chi connectivity index (χ0v) is 9.90. The molecule has 0 unspecified atom stereocenters. The predicted molar refractivity (Wildman–Crippen MR) is 67.7 cm³/mol. The summed E-state index contributed by atoms with van der Waals surface area (Å²) in [6.07, 6.45) is 0. The first-order valence-corrected chi connectivity index (χ1v) is 5.80. The Morgan fingerprint density at radius 3 is 2.47 bits per heavy atom. The van der Waals surface area contributed by atoms with E-state index in [0.29, 0.717) is 11.4 Å². The van der Waals surface area contributed by atoms with Crippen LogP contribution in [0.3, 0.4) is 0 Å². The Morgan fingerprint density at radius 1 is 1.12 bits per heavy atom. The van der Waals surface area contributed by atoms with Crippen molar-refractivity contribution in [2.24, 2.45) is 0 Å². The fourth-order valence-electron chi connectivity index (χ4n) is 1.63. The Hall–Kier alpha value is -2.15. The number of hydrogen-bond donors (Lipinski definition) is 2. The molecule has 0 spiro atoms. The van der Waals surface area contributed by atoms with Crippen LogP contribution in [-0.2, 0) is 0 Å². The molecule has 0 saturated heterocycles. The molecule has 0 fully saturated rings. The minimum Gasteiger partial charge on any atom is -0.399 e. The van der Waals surface area contributed by atoms with E-state index in [2.05, 4.69) is 15.3 Å². The third kappa shape index (κ3) is 1.60. The highest BCUT2D eigenvalue weighted by atomic mass is 32.1. The van der Waals surface area contributed by atoms with Crippen molar-refractivity contribution in [2.45, 2.75) is 6.92 Å². The van der Waals surface area contributed by atoms with Crippen molar-refractivity contribution >= 4 is 27.7 Å². The Labute approximate surface area is 101 Å². The average molecular weight is 246 g/mol. The lowest BCUT2D eigenvalue weighted by atomic mass is 10.2. The van der Waals surface area contributed by atoms with Crippen LogP contribution >= 0.6 is 11.3 Å². The van der Waals surface area contributed by atoms with E-state index < -0.39 is 0 Å². The molecule has 4 N–H and O–H groups in total. The highest BCUT2D eigenvalue weighted by Crippen LogP contribution is 2.28. The number of aryl methyl sites for hydroxylation is 1. The number of nitrogens with two attached hydrogens (primary N) is 2. The monoisotopic (exact) mass is 246 g/mol. The molecule has 0 atom stereocenters. The van der Waals surface area contributed by atoms with E-state index in [0.717, 1.165) is 21.4 Å². The van der Waals surface area contributed by atoms with Crippen molar-refractivity contribution < 1.29 is 0 Å². The van der Waals surface area contributed by atoms with Gasteiger partial charge in [0.25, 0.3) is 0 Å². The first-order valence-electron chi connectivity index (χ1n) is 4.99. The third-order valence-electron chi connectivity index (χ3n) is 2.37. The van der Waals surface area contributed by atoms with Crippen LogP contribution in [0, 0.1) is 6.92 Å². The summed E-state index contributed by atoms with van der Waals surface area (Å²) < 4.78 is 1.71. The Morgan fingerprint density at radius 2 is 1.82 bits per heavy atom. The molecule has 0 aliphatic heterocycles. The summed E-state index contributed by atoms with van der Waals surface area (Å²) in [5.41, 5.74) is 13.7. The summed E-state index contributed by atoms with van der Waals surface area (Å²) in [5, 5.41) is 13.2. The van der Waals surface area contributed by atoms with Crippen LogP contribution < -0.4 is 11.5 Å². The van der Waals surface area contributed by atoms with Crippen LogP contribution in [-0.4, -0.2) is 19.8 Å². The van der Waals surface area contributed by atoms with Crippen molar-refractivity contribution in [3.05, 3.63) is 24.0 Å². The minimum absolute atomic E-state index is 0.627. The number of benzene rings is 1. The van der Waals surface area contributed by atoms with Gasteiger partial charge in [-0.05, 0) is 25.1 Å². The van der Waals surface area contributed by atoms with Crippen LogP contribution in [0.25, 0.3) is 15.5 Å². The third-order valence-corrected chi connectivity index (χ3v) is 3.32. The van der Waals surface area contributed by atoms with Gasteiger partial charge in [0.15, 0.2) is 5.82 Å². The molecule has 86 valence electrons. The topological polar surface area (TPSA) is 95.1 Å². The molecule has 7 heteroatoms. The van der Waals surface area contributed by atoms with Crippen LogP contribution in [0.5, 0.6) is 0 Å². The molecule has 0 saturated carbocycles. The number of fused-ring (bicyclic) bond motifs is 1. The maximum Gasteiger partial charge on any atom is 0.234 e. The lowest BCUT2D eigenvalue weighted by Crippen LogP contribution is -1.92. The molecule has 1 aromatic carbocycles. The standard InChI is InChI=1S/C10H10N6S/c1-5-13-14-10-16(5)15-9(17-10)6-2-7(11)4-8(12)3-6/h2-4H,11-12H2,1H3. The van der Waals surface area contributed by atoms with Gasteiger partial charge in [0, 0.05) is 16.9 Å². The number of nitrogens with zero attached hydrogens (tertiary/aromatic N) is 4. The summed E-state index contributed by atoms with van der Waals surface area (Å²) in [4.78, 5) is 0.762. The van der Waals surface area contributed by atoms with Crippen molar-refractivity contribution in [1.82, 2.24) is 19.8 Å². The lowest BCUT2D eigenvalue weighted by Gasteiger charge is -2.00. The number of aromatic nitrogens is 4. The summed E-state index contributed by atoms with van der Waals surface area (Å²) in [7, 11) is 0. The molecule has 0 amide bonds. The van der Waals surface area contributed by atoms with Crippen molar-refractivity contribution in [3.8, 4) is 10.6 Å². The molecular formula is C10H10N6S. The molecule has 17 heavy (non-hydrogen) atoms. The van der Waals surface area contributed by atoms with Crippen molar-refractivity contribution in [2.75, 3.05) is 11.5 Å². The number of rotatable bonds is 1. The molecular weight excluding hydrogens is 236 g/mol. The summed E-state index contributed by atoms with van der Waals surface area (Å²) in [6.45, 7) is 1.86. The normalized spacial score (nSPS) is 11.1. The van der Waals surface area contributed by atoms with Gasteiger partial charge in [-0.1, -0.05) is 11.3 Å². The van der Waals surface area contributed by atoms with Crippen molar-refractivity contribution in [3.63, 3.8) is 0 Å². The van der Waals surface area contributed by atoms with Gasteiger partial charge in [-0.25, -0.2) is 0 Å². The predicted octanol–water partition coefficient (Wildman–Crippen LogP) is 1.33. The highest BCUT2D eigenvalue weighted by molar-refractivity contribution is 7.19. The van der Waals surface area contributed by atoms with Crippen LogP contribution in [0.2, 0.25) is 0 Å². The van der Waals surface area contributed by atoms with Crippen LogP contribution in [0.4, 0.5) is 11.4 Å². The van der Waals surface area contributed by atoms with E-state index in [1.165, 1.54) is 11.3 Å². The molecule has 0 bridgehead atoms. The van der Waals surface area contributed by atoms with Gasteiger partial charge in [-0.15, -0.1) is 10.2 Å². The molecule has 0 radical (unpaired) electrons. The molecule has 3 rings (SSSR count).